The zero-order valence-corrected chi connectivity index (χ0v) is 13.4. The van der Waals surface area contributed by atoms with Crippen molar-refractivity contribution >= 4 is 33.2 Å². The molecular formula is C14H12Cl2FNO2S. The van der Waals surface area contributed by atoms with Crippen LogP contribution in [0.1, 0.15) is 5.56 Å². The Morgan fingerprint density at radius 3 is 2.38 bits per heavy atom. The highest BCUT2D eigenvalue weighted by atomic mass is 35.5. The molecule has 2 aromatic rings. The maximum absolute atomic E-state index is 13.7. The lowest BCUT2D eigenvalue weighted by atomic mass is 10.2. The van der Waals surface area contributed by atoms with Gasteiger partial charge in [0, 0.05) is 13.6 Å². The van der Waals surface area contributed by atoms with E-state index in [9.17, 15) is 12.8 Å². The van der Waals surface area contributed by atoms with E-state index in [-0.39, 0.29) is 11.4 Å². The van der Waals surface area contributed by atoms with Gasteiger partial charge in [-0.3, -0.25) is 0 Å². The Morgan fingerprint density at radius 1 is 1.10 bits per heavy atom. The van der Waals surface area contributed by atoms with Gasteiger partial charge < -0.3 is 0 Å². The van der Waals surface area contributed by atoms with E-state index >= 15 is 0 Å². The second kappa shape index (κ2) is 6.32. The van der Waals surface area contributed by atoms with Crippen LogP contribution in [0.4, 0.5) is 4.39 Å². The lowest BCUT2D eigenvalue weighted by Gasteiger charge is -2.18. The van der Waals surface area contributed by atoms with Gasteiger partial charge in [-0.25, -0.2) is 12.8 Å². The van der Waals surface area contributed by atoms with Gasteiger partial charge in [0.2, 0.25) is 10.0 Å². The van der Waals surface area contributed by atoms with Crippen LogP contribution in [0.2, 0.25) is 10.0 Å². The number of halogens is 3. The van der Waals surface area contributed by atoms with Crippen LogP contribution in [-0.2, 0) is 16.6 Å². The van der Waals surface area contributed by atoms with Crippen LogP contribution in [0.25, 0.3) is 0 Å². The first kappa shape index (κ1) is 16.2. The van der Waals surface area contributed by atoms with Gasteiger partial charge in [0.25, 0.3) is 0 Å². The Bertz CT molecular complexity index is 765. The Hall–Kier alpha value is -1.14. The maximum atomic E-state index is 13.7. The molecule has 0 saturated heterocycles. The van der Waals surface area contributed by atoms with Gasteiger partial charge in [0.1, 0.15) is 10.7 Å². The molecule has 7 heteroatoms. The zero-order chi connectivity index (χ0) is 15.6. The molecule has 112 valence electrons. The molecule has 3 nitrogen and oxygen atoms in total. The molecule has 0 aliphatic rings. The molecule has 0 spiro atoms. The summed E-state index contributed by atoms with van der Waals surface area (Å²) in [5.41, 5.74) is 0.659. The highest BCUT2D eigenvalue weighted by Crippen LogP contribution is 2.25. The molecule has 0 aliphatic heterocycles. The highest BCUT2D eigenvalue weighted by molar-refractivity contribution is 7.89. The van der Waals surface area contributed by atoms with E-state index in [4.69, 9.17) is 23.2 Å². The average molecular weight is 348 g/mol. The lowest BCUT2D eigenvalue weighted by molar-refractivity contribution is 0.460. The summed E-state index contributed by atoms with van der Waals surface area (Å²) in [5.74, 6) is -0.779. The Labute approximate surface area is 133 Å². The lowest BCUT2D eigenvalue weighted by Crippen LogP contribution is -2.27. The fraction of sp³-hybridized carbons (Fsp3) is 0.143. The first-order chi connectivity index (χ1) is 9.82. The third-order valence-corrected chi connectivity index (χ3v) is 5.49. The first-order valence-electron chi connectivity index (χ1n) is 5.97. The molecule has 0 aromatic heterocycles. The topological polar surface area (TPSA) is 37.4 Å². The van der Waals surface area contributed by atoms with Crippen molar-refractivity contribution in [3.8, 4) is 0 Å². The van der Waals surface area contributed by atoms with Gasteiger partial charge in [-0.15, -0.1) is 0 Å². The minimum atomic E-state index is -3.91. The van der Waals surface area contributed by atoms with Gasteiger partial charge in [-0.2, -0.15) is 4.31 Å². The van der Waals surface area contributed by atoms with Gasteiger partial charge in [0.15, 0.2) is 0 Å². The minimum Gasteiger partial charge on any atom is -0.207 e. The van der Waals surface area contributed by atoms with Crippen LogP contribution < -0.4 is 0 Å². The maximum Gasteiger partial charge on any atom is 0.246 e. The molecule has 0 unspecified atom stereocenters. The van der Waals surface area contributed by atoms with Gasteiger partial charge in [-0.05, 0) is 29.8 Å². The quantitative estimate of drug-likeness (QED) is 0.839. The predicted molar refractivity (Wildman–Crippen MR) is 81.5 cm³/mol. The molecule has 0 radical (unpaired) electrons. The van der Waals surface area contributed by atoms with Crippen molar-refractivity contribution in [2.24, 2.45) is 0 Å². The minimum absolute atomic E-state index is 0.0631. The average Bonchev–Trinajstić information content (AvgIpc) is 2.43. The van der Waals surface area contributed by atoms with E-state index in [1.54, 1.807) is 18.2 Å². The molecule has 21 heavy (non-hydrogen) atoms. The van der Waals surface area contributed by atoms with Crippen molar-refractivity contribution in [1.29, 1.82) is 0 Å². The van der Waals surface area contributed by atoms with Crippen molar-refractivity contribution < 1.29 is 12.8 Å². The standard InChI is InChI=1S/C14H12Cl2FNO2S/c1-18(9-10-6-7-11(15)12(16)8-10)21(19,20)14-5-3-2-4-13(14)17/h2-8H,9H2,1H3. The summed E-state index contributed by atoms with van der Waals surface area (Å²) in [6.45, 7) is 0.0631. The molecule has 0 fully saturated rings. The number of hydrogen-bond acceptors (Lipinski definition) is 2. The molecule has 0 aliphatic carbocycles. The van der Waals surface area contributed by atoms with Crippen LogP contribution in [0.5, 0.6) is 0 Å². The summed E-state index contributed by atoms with van der Waals surface area (Å²) >= 11 is 11.7. The summed E-state index contributed by atoms with van der Waals surface area (Å²) in [4.78, 5) is -0.354. The van der Waals surface area contributed by atoms with Crippen molar-refractivity contribution in [2.45, 2.75) is 11.4 Å². The molecule has 2 rings (SSSR count). The van der Waals surface area contributed by atoms with E-state index in [0.29, 0.717) is 15.6 Å². The van der Waals surface area contributed by atoms with Crippen LogP contribution in [-0.4, -0.2) is 19.8 Å². The number of nitrogens with zero attached hydrogens (tertiary/aromatic N) is 1. The molecule has 0 heterocycles. The summed E-state index contributed by atoms with van der Waals surface area (Å²) in [5, 5.41) is 0.728. The Balaban J connectivity index is 2.29. The molecular weight excluding hydrogens is 336 g/mol. The molecule has 0 atom stereocenters. The summed E-state index contributed by atoms with van der Waals surface area (Å²) in [7, 11) is -2.53. The summed E-state index contributed by atoms with van der Waals surface area (Å²) in [6, 6.07) is 10.1. The second-order valence-corrected chi connectivity index (χ2v) is 7.27. The van der Waals surface area contributed by atoms with Crippen LogP contribution in [0.15, 0.2) is 47.4 Å². The smallest absolute Gasteiger partial charge is 0.207 e. The second-order valence-electron chi connectivity index (χ2n) is 4.44. The number of hydrogen-bond donors (Lipinski definition) is 0. The van der Waals surface area contributed by atoms with Crippen molar-refractivity contribution in [3.05, 3.63) is 63.9 Å². The third kappa shape index (κ3) is 3.55. The van der Waals surface area contributed by atoms with Crippen molar-refractivity contribution in [2.75, 3.05) is 7.05 Å². The molecule has 0 saturated carbocycles. The van der Waals surface area contributed by atoms with Crippen LogP contribution >= 0.6 is 23.2 Å². The van der Waals surface area contributed by atoms with Gasteiger partial charge >= 0.3 is 0 Å². The van der Waals surface area contributed by atoms with Crippen molar-refractivity contribution in [1.82, 2.24) is 4.31 Å². The number of benzene rings is 2. The summed E-state index contributed by atoms with van der Waals surface area (Å²) in [6.07, 6.45) is 0. The fourth-order valence-electron chi connectivity index (χ4n) is 1.80. The first-order valence-corrected chi connectivity index (χ1v) is 8.17. The predicted octanol–water partition coefficient (Wildman–Crippen LogP) is 3.95. The number of sulfonamides is 1. The molecule has 0 amide bonds. The van der Waals surface area contributed by atoms with E-state index in [1.165, 1.54) is 25.2 Å². The monoisotopic (exact) mass is 347 g/mol. The summed E-state index contributed by atoms with van der Waals surface area (Å²) < 4.78 is 39.4. The van der Waals surface area contributed by atoms with E-state index < -0.39 is 15.8 Å². The Kier molecular flexibility index (Phi) is 4.88. The largest absolute Gasteiger partial charge is 0.246 e. The number of rotatable bonds is 4. The highest BCUT2D eigenvalue weighted by Gasteiger charge is 2.24. The van der Waals surface area contributed by atoms with E-state index in [0.717, 1.165) is 10.4 Å². The normalized spacial score (nSPS) is 11.9. The van der Waals surface area contributed by atoms with E-state index in [1.807, 2.05) is 0 Å². The molecule has 2 aromatic carbocycles. The van der Waals surface area contributed by atoms with Crippen LogP contribution in [0, 0.1) is 5.82 Å². The zero-order valence-electron chi connectivity index (χ0n) is 11.1. The molecule has 0 bridgehead atoms. The van der Waals surface area contributed by atoms with Crippen LogP contribution in [0.3, 0.4) is 0 Å². The SMILES string of the molecule is CN(Cc1ccc(Cl)c(Cl)c1)S(=O)(=O)c1ccccc1F. The fourth-order valence-corrected chi connectivity index (χ4v) is 3.34. The van der Waals surface area contributed by atoms with Gasteiger partial charge in [-0.1, -0.05) is 41.4 Å². The van der Waals surface area contributed by atoms with Crippen molar-refractivity contribution in [3.63, 3.8) is 0 Å². The Morgan fingerprint density at radius 2 is 1.76 bits per heavy atom. The third-order valence-electron chi connectivity index (χ3n) is 2.91. The van der Waals surface area contributed by atoms with Gasteiger partial charge in [0.05, 0.1) is 10.0 Å². The van der Waals surface area contributed by atoms with E-state index in [2.05, 4.69) is 0 Å². The molecule has 0 N–H and O–H groups in total.